The Balaban J connectivity index is 1.26. The fourth-order valence-corrected chi connectivity index (χ4v) is 7.94. The molecule has 1 N–H and O–H groups in total. The third-order valence-electron chi connectivity index (χ3n) is 10.2. The number of likely N-dealkylation sites (N-methyl/N-ethyl adjacent to an activating group) is 1. The van der Waals surface area contributed by atoms with Crippen LogP contribution in [0.25, 0.3) is 10.8 Å². The van der Waals surface area contributed by atoms with Gasteiger partial charge in [0.15, 0.2) is 0 Å². The molecule has 1 amide bonds. The summed E-state index contributed by atoms with van der Waals surface area (Å²) in [6.45, 7) is 8.69. The third-order valence-corrected chi connectivity index (χ3v) is 10.2. The Morgan fingerprint density at radius 3 is 2.76 bits per heavy atom. The van der Waals surface area contributed by atoms with E-state index in [1.165, 1.54) is 12.1 Å². The number of benzene rings is 2. The molecule has 7 rings (SSSR count). The maximum atomic E-state index is 14.9. The number of halogens is 2. The Labute approximate surface area is 267 Å². The van der Waals surface area contributed by atoms with Crippen molar-refractivity contribution in [3.8, 4) is 24.1 Å². The van der Waals surface area contributed by atoms with Gasteiger partial charge in [0.25, 0.3) is 0 Å². The average Bonchev–Trinajstić information content (AvgIpc) is 3.47. The molecule has 1 aromatic heterocycles. The lowest BCUT2D eigenvalue weighted by Gasteiger charge is -2.43. The molecule has 0 saturated carbocycles. The van der Waals surface area contributed by atoms with Crippen LogP contribution in [0.4, 0.5) is 20.3 Å². The highest BCUT2D eigenvalue weighted by molar-refractivity contribution is 6.00. The molecule has 3 saturated heterocycles. The topological polar surface area (TPSA) is 85.3 Å². The second kappa shape index (κ2) is 11.7. The lowest BCUT2D eigenvalue weighted by Crippen LogP contribution is -2.56. The quantitative estimate of drug-likeness (QED) is 0.324. The molecule has 0 aliphatic carbocycles. The number of terminal acetylenes is 1. The van der Waals surface area contributed by atoms with E-state index in [1.807, 2.05) is 16.8 Å². The molecule has 0 radical (unpaired) electrons. The summed E-state index contributed by atoms with van der Waals surface area (Å²) in [7, 11) is 1.89. The van der Waals surface area contributed by atoms with Gasteiger partial charge in [0.1, 0.15) is 30.2 Å². The largest absolute Gasteiger partial charge is 0.508 e. The van der Waals surface area contributed by atoms with E-state index in [1.54, 1.807) is 18.2 Å². The molecule has 4 aliphatic heterocycles. The van der Waals surface area contributed by atoms with E-state index in [4.69, 9.17) is 21.1 Å². The third kappa shape index (κ3) is 5.18. The normalized spacial score (nSPS) is 25.9. The summed E-state index contributed by atoms with van der Waals surface area (Å²) >= 11 is 0. The minimum Gasteiger partial charge on any atom is -0.508 e. The number of amides is 1. The minimum absolute atomic E-state index is 0.0312. The van der Waals surface area contributed by atoms with Crippen molar-refractivity contribution in [2.45, 2.75) is 57.0 Å². The van der Waals surface area contributed by atoms with E-state index in [-0.39, 0.29) is 48.0 Å². The summed E-state index contributed by atoms with van der Waals surface area (Å²) in [6.07, 6.45) is 8.15. The van der Waals surface area contributed by atoms with E-state index in [2.05, 4.69) is 29.2 Å². The second-order valence-corrected chi connectivity index (χ2v) is 13.1. The van der Waals surface area contributed by atoms with E-state index in [0.717, 1.165) is 23.5 Å². The van der Waals surface area contributed by atoms with Gasteiger partial charge in [-0.1, -0.05) is 25.5 Å². The molecular formula is C35H38F2N6O3. The zero-order valence-electron chi connectivity index (χ0n) is 26.1. The fraction of sp³-hybridized carbons (Fsp3) is 0.457. The number of alkyl halides is 1. The molecule has 2 bridgehead atoms. The SMILES string of the molecule is C#Cc1c(F)ccc2cc(O)cc(N3CCc4c(nc(OC[C@@H]5C[C@@H](F)CN5C)nc4N4C[C@H]5CC(C)[C@@H](C4)N5C(=O)C=C)C3)c12. The van der Waals surface area contributed by atoms with Gasteiger partial charge in [-0.25, -0.2) is 8.78 Å². The van der Waals surface area contributed by atoms with Gasteiger partial charge >= 0.3 is 6.01 Å². The molecule has 3 fully saturated rings. The molecule has 4 aliphatic rings. The number of nitrogens with zero attached hydrogens (tertiary/aromatic N) is 6. The highest BCUT2D eigenvalue weighted by atomic mass is 19.1. The zero-order chi connectivity index (χ0) is 32.3. The summed E-state index contributed by atoms with van der Waals surface area (Å²) in [6, 6.07) is 6.33. The zero-order valence-corrected chi connectivity index (χ0v) is 26.1. The Kier molecular flexibility index (Phi) is 7.71. The highest BCUT2D eigenvalue weighted by Gasteiger charge is 2.47. The number of piperazine rings is 1. The number of hydrogen-bond acceptors (Lipinski definition) is 8. The predicted molar refractivity (Wildman–Crippen MR) is 172 cm³/mol. The van der Waals surface area contributed by atoms with E-state index < -0.39 is 12.0 Å². The van der Waals surface area contributed by atoms with Crippen LogP contribution in [-0.4, -0.2) is 94.9 Å². The number of likely N-dealkylation sites (tertiary alicyclic amines) is 1. The van der Waals surface area contributed by atoms with Gasteiger partial charge < -0.3 is 24.5 Å². The number of carbonyl (C=O) groups is 1. The van der Waals surface area contributed by atoms with Crippen molar-refractivity contribution in [2.75, 3.05) is 49.6 Å². The monoisotopic (exact) mass is 628 g/mol. The molecule has 46 heavy (non-hydrogen) atoms. The first-order valence-corrected chi connectivity index (χ1v) is 15.9. The van der Waals surface area contributed by atoms with Crippen molar-refractivity contribution in [3.05, 3.63) is 59.6 Å². The Hall–Kier alpha value is -4.43. The van der Waals surface area contributed by atoms with E-state index in [0.29, 0.717) is 67.9 Å². The average molecular weight is 629 g/mol. The Morgan fingerprint density at radius 1 is 1.22 bits per heavy atom. The number of rotatable bonds is 6. The summed E-state index contributed by atoms with van der Waals surface area (Å²) in [5, 5.41) is 11.8. The first-order valence-electron chi connectivity index (χ1n) is 15.9. The Morgan fingerprint density at radius 2 is 2.04 bits per heavy atom. The lowest BCUT2D eigenvalue weighted by molar-refractivity contribution is -0.129. The lowest BCUT2D eigenvalue weighted by atomic mass is 9.98. The van der Waals surface area contributed by atoms with Crippen LogP contribution in [0.15, 0.2) is 36.9 Å². The van der Waals surface area contributed by atoms with Crippen molar-refractivity contribution in [1.82, 2.24) is 19.8 Å². The van der Waals surface area contributed by atoms with E-state index in [9.17, 15) is 18.7 Å². The highest BCUT2D eigenvalue weighted by Crippen LogP contribution is 2.41. The van der Waals surface area contributed by atoms with E-state index >= 15 is 0 Å². The van der Waals surface area contributed by atoms with Gasteiger partial charge in [0.05, 0.1) is 29.9 Å². The smallest absolute Gasteiger partial charge is 0.318 e. The molecule has 11 heteroatoms. The van der Waals surface area contributed by atoms with Crippen LogP contribution in [0.1, 0.15) is 36.6 Å². The molecule has 5 atom stereocenters. The van der Waals surface area contributed by atoms with Gasteiger partial charge in [-0.3, -0.25) is 9.69 Å². The Bertz CT molecular complexity index is 1760. The number of phenolic OH excluding ortho intramolecular Hbond substituents is 1. The fourth-order valence-electron chi connectivity index (χ4n) is 7.94. The minimum atomic E-state index is -0.894. The molecule has 9 nitrogen and oxygen atoms in total. The summed E-state index contributed by atoms with van der Waals surface area (Å²) in [4.78, 5) is 30.8. The number of phenols is 1. The molecular weight excluding hydrogens is 590 g/mol. The number of ether oxygens (including phenoxy) is 1. The second-order valence-electron chi connectivity index (χ2n) is 13.1. The van der Waals surface area contributed by atoms with Crippen LogP contribution in [-0.2, 0) is 17.8 Å². The maximum absolute atomic E-state index is 14.9. The molecule has 240 valence electrons. The van der Waals surface area contributed by atoms with Crippen LogP contribution < -0.4 is 14.5 Å². The molecule has 5 heterocycles. The first kappa shape index (κ1) is 30.2. The molecule has 3 aromatic rings. The van der Waals surface area contributed by atoms with Gasteiger partial charge in [-0.2, -0.15) is 9.97 Å². The number of aromatic nitrogens is 2. The number of aromatic hydroxyl groups is 1. The summed E-state index contributed by atoms with van der Waals surface area (Å²) < 4.78 is 35.1. The van der Waals surface area contributed by atoms with Crippen molar-refractivity contribution >= 4 is 28.2 Å². The predicted octanol–water partition coefficient (Wildman–Crippen LogP) is 4.05. The van der Waals surface area contributed by atoms with Gasteiger partial charge in [-0.05, 0) is 55.8 Å². The summed E-state index contributed by atoms with van der Waals surface area (Å²) in [5.41, 5.74) is 2.53. The van der Waals surface area contributed by atoms with Crippen molar-refractivity contribution in [2.24, 2.45) is 5.92 Å². The summed E-state index contributed by atoms with van der Waals surface area (Å²) in [5.74, 6) is 3.13. The van der Waals surface area contributed by atoms with Gasteiger partial charge in [-0.15, -0.1) is 6.42 Å². The number of hydrogen-bond donors (Lipinski definition) is 1. The number of fused-ring (bicyclic) bond motifs is 4. The number of anilines is 2. The van der Waals surface area contributed by atoms with Crippen LogP contribution >= 0.6 is 0 Å². The number of carbonyl (C=O) groups excluding carboxylic acids is 1. The van der Waals surface area contributed by atoms with Crippen LogP contribution in [0.2, 0.25) is 0 Å². The standard InChI is InChI=1S/C35H38F2N6O3/c1-5-26-28(37)8-7-21-12-25(44)14-30(33(21)26)41-10-9-27-29(17-41)38-35(46-19-24-13-22(36)15-40(24)4)39-34(27)42-16-23-11-20(3)31(18-42)43(23)32(45)6-2/h1,6-8,12,14,20,22-24,31,44H,2,9-11,13,15-19H2,3-4H3/t20?,22-,23-,24+,31-/m1/s1. The van der Waals surface area contributed by atoms with Gasteiger partial charge in [0.2, 0.25) is 5.91 Å². The van der Waals surface area contributed by atoms with Crippen LogP contribution in [0.5, 0.6) is 11.8 Å². The van der Waals surface area contributed by atoms with Crippen molar-refractivity contribution < 1.29 is 23.4 Å². The van der Waals surface area contributed by atoms with Crippen LogP contribution in [0, 0.1) is 24.1 Å². The first-order chi connectivity index (χ1) is 22.1. The van der Waals surface area contributed by atoms with Crippen molar-refractivity contribution in [1.29, 1.82) is 0 Å². The maximum Gasteiger partial charge on any atom is 0.318 e. The molecule has 1 unspecified atom stereocenters. The molecule has 0 spiro atoms. The van der Waals surface area contributed by atoms with Gasteiger partial charge in [0, 0.05) is 54.9 Å². The van der Waals surface area contributed by atoms with Crippen LogP contribution in [0.3, 0.4) is 0 Å². The molecule has 2 aromatic carbocycles. The van der Waals surface area contributed by atoms with Crippen molar-refractivity contribution in [3.63, 3.8) is 0 Å².